The number of benzene rings is 4. The molecule has 0 unspecified atom stereocenters. The number of anilines is 1. The van der Waals surface area contributed by atoms with Crippen LogP contribution in [-0.2, 0) is 11.4 Å². The SMILES string of the molecule is CCOc1ccc([C@@H]2C(C(=O)Nc3ccccc3)=C(C)N=c3s/c(=C\c4ccc(OCc5ccccc5)c(OC)c4)c(=O)n32)cc1. The van der Waals surface area contributed by atoms with Crippen LogP contribution in [0, 0.1) is 0 Å². The van der Waals surface area contributed by atoms with Crippen molar-refractivity contribution in [2.75, 3.05) is 19.0 Å². The van der Waals surface area contributed by atoms with Gasteiger partial charge in [0.25, 0.3) is 11.5 Å². The molecule has 0 spiro atoms. The second-order valence-corrected chi connectivity index (χ2v) is 11.6. The molecule has 6 rings (SSSR count). The van der Waals surface area contributed by atoms with Gasteiger partial charge in [0.1, 0.15) is 12.4 Å². The molecule has 9 heteroatoms. The number of rotatable bonds is 10. The molecule has 1 atom stereocenters. The van der Waals surface area contributed by atoms with Crippen LogP contribution in [0.4, 0.5) is 5.69 Å². The summed E-state index contributed by atoms with van der Waals surface area (Å²) in [6, 6.07) is 31.5. The molecule has 0 saturated heterocycles. The number of fused-ring (bicyclic) bond motifs is 1. The van der Waals surface area contributed by atoms with Crippen LogP contribution in [0.5, 0.6) is 17.2 Å². The maximum Gasteiger partial charge on any atom is 0.271 e. The van der Waals surface area contributed by atoms with Gasteiger partial charge in [0, 0.05) is 5.69 Å². The van der Waals surface area contributed by atoms with E-state index in [9.17, 15) is 9.59 Å². The number of carbonyl (C=O) groups excluding carboxylic acids is 1. The van der Waals surface area contributed by atoms with Crippen molar-refractivity contribution in [3.8, 4) is 17.2 Å². The van der Waals surface area contributed by atoms with Crippen molar-refractivity contribution in [1.82, 2.24) is 4.57 Å². The van der Waals surface area contributed by atoms with Crippen molar-refractivity contribution in [2.45, 2.75) is 26.5 Å². The van der Waals surface area contributed by atoms with Crippen LogP contribution >= 0.6 is 11.3 Å². The summed E-state index contributed by atoms with van der Waals surface area (Å²) in [4.78, 5) is 33.2. The second kappa shape index (κ2) is 13.7. The maximum absolute atomic E-state index is 14.1. The quantitative estimate of drug-likeness (QED) is 0.209. The molecule has 1 aromatic heterocycles. The Hall–Kier alpha value is -5.41. The van der Waals surface area contributed by atoms with Gasteiger partial charge in [0.2, 0.25) is 0 Å². The van der Waals surface area contributed by atoms with Gasteiger partial charge < -0.3 is 19.5 Å². The summed E-state index contributed by atoms with van der Waals surface area (Å²) in [7, 11) is 1.59. The number of hydrogen-bond acceptors (Lipinski definition) is 7. The third-order valence-electron chi connectivity index (χ3n) is 7.53. The van der Waals surface area contributed by atoms with E-state index in [4.69, 9.17) is 19.2 Å². The van der Waals surface area contributed by atoms with Crippen molar-refractivity contribution in [1.29, 1.82) is 0 Å². The first-order chi connectivity index (χ1) is 22.4. The summed E-state index contributed by atoms with van der Waals surface area (Å²) in [6.07, 6.45) is 1.81. The third-order valence-corrected chi connectivity index (χ3v) is 8.51. The minimum absolute atomic E-state index is 0.247. The fourth-order valence-corrected chi connectivity index (χ4v) is 6.39. The van der Waals surface area contributed by atoms with Gasteiger partial charge in [-0.05, 0) is 73.0 Å². The molecule has 2 heterocycles. The molecule has 0 fully saturated rings. The lowest BCUT2D eigenvalue weighted by Crippen LogP contribution is -2.40. The Bertz CT molecular complexity index is 2070. The van der Waals surface area contributed by atoms with E-state index in [0.29, 0.717) is 56.8 Å². The monoisotopic (exact) mass is 631 g/mol. The van der Waals surface area contributed by atoms with Gasteiger partial charge in [0.15, 0.2) is 16.3 Å². The molecule has 1 N–H and O–H groups in total. The molecule has 0 bridgehead atoms. The zero-order valence-electron chi connectivity index (χ0n) is 25.7. The molecule has 4 aromatic carbocycles. The number of para-hydroxylation sites is 1. The number of hydrogen-bond donors (Lipinski definition) is 1. The Morgan fingerprint density at radius 1 is 0.935 bits per heavy atom. The molecule has 1 amide bonds. The largest absolute Gasteiger partial charge is 0.494 e. The standard InChI is InChI=1S/C37H33N3O5S/c1-4-44-29-18-16-27(17-19-29)34-33(35(41)39-28-13-9-6-10-14-28)24(2)38-37-40(34)36(42)32(46-37)22-26-15-20-30(31(21-26)43-3)45-23-25-11-7-5-8-12-25/h5-22,34H,4,23H2,1-3H3,(H,39,41)/b32-22-/t34-/m1/s1. The van der Waals surface area contributed by atoms with Gasteiger partial charge >= 0.3 is 0 Å². The van der Waals surface area contributed by atoms with E-state index in [1.54, 1.807) is 18.6 Å². The predicted octanol–water partition coefficient (Wildman–Crippen LogP) is 5.86. The second-order valence-electron chi connectivity index (χ2n) is 10.6. The van der Waals surface area contributed by atoms with Crippen LogP contribution in [0.15, 0.2) is 124 Å². The van der Waals surface area contributed by atoms with E-state index in [0.717, 1.165) is 16.7 Å². The Morgan fingerprint density at radius 3 is 2.35 bits per heavy atom. The average Bonchev–Trinajstić information content (AvgIpc) is 3.38. The highest BCUT2D eigenvalue weighted by molar-refractivity contribution is 7.07. The molecular weight excluding hydrogens is 598 g/mol. The topological polar surface area (TPSA) is 91.2 Å². The highest BCUT2D eigenvalue weighted by atomic mass is 32.1. The van der Waals surface area contributed by atoms with Crippen molar-refractivity contribution in [3.63, 3.8) is 0 Å². The van der Waals surface area contributed by atoms with Gasteiger partial charge in [-0.2, -0.15) is 0 Å². The van der Waals surface area contributed by atoms with Gasteiger partial charge in [-0.25, -0.2) is 4.99 Å². The first-order valence-electron chi connectivity index (χ1n) is 14.9. The van der Waals surface area contributed by atoms with E-state index in [1.807, 2.05) is 116 Å². The molecule has 0 aliphatic carbocycles. The first-order valence-corrected chi connectivity index (χ1v) is 15.7. The van der Waals surface area contributed by atoms with Gasteiger partial charge in [-0.15, -0.1) is 0 Å². The van der Waals surface area contributed by atoms with Crippen molar-refractivity contribution >= 4 is 29.0 Å². The van der Waals surface area contributed by atoms with Crippen LogP contribution in [0.1, 0.15) is 36.6 Å². The summed E-state index contributed by atoms with van der Waals surface area (Å²) in [5, 5.41) is 2.98. The molecule has 1 aliphatic rings. The Labute approximate surface area is 270 Å². The van der Waals surface area contributed by atoms with Crippen molar-refractivity contribution in [2.24, 2.45) is 4.99 Å². The molecule has 5 aromatic rings. The van der Waals surface area contributed by atoms with E-state index in [2.05, 4.69) is 5.32 Å². The summed E-state index contributed by atoms with van der Waals surface area (Å²) in [5.74, 6) is 1.54. The summed E-state index contributed by atoms with van der Waals surface area (Å²) < 4.78 is 19.4. The number of nitrogens with one attached hydrogen (secondary N) is 1. The van der Waals surface area contributed by atoms with Crippen LogP contribution in [0.2, 0.25) is 0 Å². The minimum atomic E-state index is -0.693. The van der Waals surface area contributed by atoms with Crippen molar-refractivity contribution in [3.05, 3.63) is 151 Å². The highest BCUT2D eigenvalue weighted by Crippen LogP contribution is 2.32. The highest BCUT2D eigenvalue weighted by Gasteiger charge is 2.32. The van der Waals surface area contributed by atoms with E-state index >= 15 is 0 Å². The predicted molar refractivity (Wildman–Crippen MR) is 180 cm³/mol. The summed E-state index contributed by atoms with van der Waals surface area (Å²) in [6.45, 7) is 4.66. The van der Waals surface area contributed by atoms with Crippen LogP contribution in [-0.4, -0.2) is 24.2 Å². The lowest BCUT2D eigenvalue weighted by atomic mass is 9.95. The summed E-state index contributed by atoms with van der Waals surface area (Å²) >= 11 is 1.28. The van der Waals surface area contributed by atoms with Gasteiger partial charge in [-0.3, -0.25) is 14.2 Å². The zero-order valence-corrected chi connectivity index (χ0v) is 26.5. The lowest BCUT2D eigenvalue weighted by molar-refractivity contribution is -0.113. The number of nitrogens with zero attached hydrogens (tertiary/aromatic N) is 2. The zero-order chi connectivity index (χ0) is 32.0. The molecular formula is C37H33N3O5S. The average molecular weight is 632 g/mol. The Balaban J connectivity index is 1.39. The van der Waals surface area contributed by atoms with E-state index in [-0.39, 0.29) is 11.5 Å². The number of carbonyl (C=O) groups is 1. The fourth-order valence-electron chi connectivity index (χ4n) is 5.34. The fraction of sp³-hybridized carbons (Fsp3) is 0.162. The molecule has 1 aliphatic heterocycles. The van der Waals surface area contributed by atoms with E-state index < -0.39 is 6.04 Å². The molecule has 0 radical (unpaired) electrons. The lowest BCUT2D eigenvalue weighted by Gasteiger charge is -2.25. The number of allylic oxidation sites excluding steroid dienone is 1. The first kappa shape index (κ1) is 30.6. The van der Waals surface area contributed by atoms with E-state index in [1.165, 1.54) is 11.3 Å². The Morgan fingerprint density at radius 2 is 1.65 bits per heavy atom. The van der Waals surface area contributed by atoms with Gasteiger partial charge in [-0.1, -0.05) is 78.1 Å². The maximum atomic E-state index is 14.1. The Kier molecular flexibility index (Phi) is 9.12. The molecule has 46 heavy (non-hydrogen) atoms. The number of aromatic nitrogens is 1. The van der Waals surface area contributed by atoms with Crippen LogP contribution in [0.25, 0.3) is 6.08 Å². The normalized spacial score (nSPS) is 14.3. The molecule has 232 valence electrons. The smallest absolute Gasteiger partial charge is 0.271 e. The molecule has 8 nitrogen and oxygen atoms in total. The van der Waals surface area contributed by atoms with Gasteiger partial charge in [0.05, 0.1) is 35.6 Å². The molecule has 0 saturated carbocycles. The number of ether oxygens (including phenoxy) is 3. The minimum Gasteiger partial charge on any atom is -0.494 e. The van der Waals surface area contributed by atoms with Crippen LogP contribution in [0.3, 0.4) is 0 Å². The number of thiazole rings is 1. The third kappa shape index (κ3) is 6.50. The van der Waals surface area contributed by atoms with Crippen molar-refractivity contribution < 1.29 is 19.0 Å². The number of methoxy groups -OCH3 is 1. The number of amides is 1. The van der Waals surface area contributed by atoms with Crippen LogP contribution < -0.4 is 34.4 Å². The summed E-state index contributed by atoms with van der Waals surface area (Å²) in [5.41, 5.74) is 3.93.